The number of likely N-dealkylation sites (tertiary alicyclic amines) is 1. The number of likely N-dealkylation sites (N-methyl/N-ethyl adjacent to an activating group) is 2. The Morgan fingerprint density at radius 1 is 1.22 bits per heavy atom. The zero-order chi connectivity index (χ0) is 16.4. The van der Waals surface area contributed by atoms with Crippen molar-refractivity contribution in [3.05, 3.63) is 35.9 Å². The number of aromatic hydroxyl groups is 1. The minimum absolute atomic E-state index is 0.245. The number of aromatic nitrogens is 2. The zero-order valence-electron chi connectivity index (χ0n) is 14.0. The van der Waals surface area contributed by atoms with Crippen LogP contribution in [0.15, 0.2) is 30.3 Å². The van der Waals surface area contributed by atoms with Crippen LogP contribution in [0.25, 0.3) is 11.3 Å². The van der Waals surface area contributed by atoms with E-state index >= 15 is 0 Å². The van der Waals surface area contributed by atoms with Gasteiger partial charge in [0.05, 0.1) is 5.69 Å². The minimum atomic E-state index is 0.245. The van der Waals surface area contributed by atoms with Crippen LogP contribution in [0.2, 0.25) is 0 Å². The summed E-state index contributed by atoms with van der Waals surface area (Å²) in [5.74, 6) is 1.12. The van der Waals surface area contributed by atoms with Crippen LogP contribution >= 0.6 is 0 Å². The third-order valence-electron chi connectivity index (χ3n) is 4.67. The fraction of sp³-hybridized carbons (Fsp3) is 0.444. The van der Waals surface area contributed by atoms with Crippen LogP contribution in [0.1, 0.15) is 18.4 Å². The molecule has 0 spiro atoms. The molecule has 1 saturated heterocycles. The van der Waals surface area contributed by atoms with Crippen LogP contribution in [0, 0.1) is 6.92 Å². The van der Waals surface area contributed by atoms with E-state index in [1.807, 2.05) is 31.2 Å². The van der Waals surface area contributed by atoms with E-state index < -0.39 is 0 Å². The van der Waals surface area contributed by atoms with Crippen molar-refractivity contribution in [2.75, 3.05) is 32.1 Å². The van der Waals surface area contributed by atoms with Crippen molar-refractivity contribution in [1.82, 2.24) is 15.1 Å². The fourth-order valence-corrected chi connectivity index (χ4v) is 3.27. The predicted molar refractivity (Wildman–Crippen MR) is 92.8 cm³/mol. The number of phenolic OH excluding ortho intramolecular Hbond substituents is 1. The highest BCUT2D eigenvalue weighted by atomic mass is 16.3. The number of rotatable bonds is 3. The number of phenols is 1. The molecule has 1 aromatic carbocycles. The van der Waals surface area contributed by atoms with E-state index in [9.17, 15) is 5.11 Å². The van der Waals surface area contributed by atoms with Crippen LogP contribution in [-0.2, 0) is 0 Å². The average Bonchev–Trinajstić information content (AvgIpc) is 2.55. The van der Waals surface area contributed by atoms with Gasteiger partial charge in [-0.05, 0) is 57.1 Å². The molecular weight excluding hydrogens is 288 g/mol. The first-order valence-electron chi connectivity index (χ1n) is 8.10. The average molecular weight is 312 g/mol. The maximum Gasteiger partial charge on any atom is 0.151 e. The first-order chi connectivity index (χ1) is 11.1. The Bertz CT molecular complexity index is 651. The van der Waals surface area contributed by atoms with Gasteiger partial charge in [-0.2, -0.15) is 0 Å². The normalized spacial score (nSPS) is 18.8. The molecule has 0 amide bonds. The molecular formula is C18H24N4O. The molecule has 0 aliphatic carbocycles. The van der Waals surface area contributed by atoms with Gasteiger partial charge < -0.3 is 14.9 Å². The highest BCUT2D eigenvalue weighted by Gasteiger charge is 2.22. The summed E-state index contributed by atoms with van der Waals surface area (Å²) in [6.45, 7) is 4.19. The van der Waals surface area contributed by atoms with Crippen LogP contribution < -0.4 is 4.90 Å². The summed E-state index contributed by atoms with van der Waals surface area (Å²) < 4.78 is 0. The molecule has 122 valence electrons. The molecule has 5 heteroatoms. The highest BCUT2D eigenvalue weighted by molar-refractivity contribution is 5.70. The van der Waals surface area contributed by atoms with Gasteiger partial charge in [-0.25, -0.2) is 0 Å². The lowest BCUT2D eigenvalue weighted by molar-refractivity contribution is 0.247. The number of nitrogens with zero attached hydrogens (tertiary/aromatic N) is 4. The molecule has 5 nitrogen and oxygen atoms in total. The van der Waals surface area contributed by atoms with E-state index in [2.05, 4.69) is 34.1 Å². The second kappa shape index (κ2) is 6.54. The van der Waals surface area contributed by atoms with Gasteiger partial charge >= 0.3 is 0 Å². The summed E-state index contributed by atoms with van der Waals surface area (Å²) in [5.41, 5.74) is 2.46. The maximum absolute atomic E-state index is 10.1. The number of aryl methyl sites for hydroxylation is 1. The van der Waals surface area contributed by atoms with Gasteiger partial charge in [-0.1, -0.05) is 12.1 Å². The molecule has 0 unspecified atom stereocenters. The van der Waals surface area contributed by atoms with Gasteiger partial charge in [0.1, 0.15) is 5.75 Å². The second-order valence-electron chi connectivity index (χ2n) is 6.42. The first-order valence-corrected chi connectivity index (χ1v) is 8.10. The van der Waals surface area contributed by atoms with Crippen LogP contribution in [0.5, 0.6) is 5.75 Å². The third-order valence-corrected chi connectivity index (χ3v) is 4.67. The van der Waals surface area contributed by atoms with Gasteiger partial charge in [-0.3, -0.25) is 0 Å². The van der Waals surface area contributed by atoms with Crippen LogP contribution in [0.3, 0.4) is 0 Å². The highest BCUT2D eigenvalue weighted by Crippen LogP contribution is 2.31. The number of hydrogen-bond donors (Lipinski definition) is 1. The van der Waals surface area contributed by atoms with Gasteiger partial charge in [0.25, 0.3) is 0 Å². The van der Waals surface area contributed by atoms with Crippen molar-refractivity contribution in [1.29, 1.82) is 0 Å². The van der Waals surface area contributed by atoms with Crippen LogP contribution in [0.4, 0.5) is 5.82 Å². The quantitative estimate of drug-likeness (QED) is 0.944. The van der Waals surface area contributed by atoms with Gasteiger partial charge in [-0.15, -0.1) is 10.2 Å². The van der Waals surface area contributed by atoms with E-state index in [1.165, 1.54) is 19.4 Å². The molecule has 1 aromatic heterocycles. The summed E-state index contributed by atoms with van der Waals surface area (Å²) >= 11 is 0. The lowest BCUT2D eigenvalue weighted by Gasteiger charge is -2.36. The first kappa shape index (κ1) is 15.7. The SMILES string of the molecule is Cc1cccc(O)c1-c1ccc(N(C)[C@@H]2CCCN(C)C2)nn1. The standard InChI is InChI=1S/C18H24N4O/c1-13-6-4-8-16(23)18(13)15-9-10-17(20-19-15)22(3)14-7-5-11-21(2)12-14/h4,6,8-10,14,23H,5,7,11-12H2,1-3H3/t14-/m1/s1. The van der Waals surface area contributed by atoms with E-state index in [4.69, 9.17) is 0 Å². The molecule has 0 radical (unpaired) electrons. The monoisotopic (exact) mass is 312 g/mol. The van der Waals surface area contributed by atoms with Crippen molar-refractivity contribution in [3.8, 4) is 17.0 Å². The fourth-order valence-electron chi connectivity index (χ4n) is 3.27. The molecule has 1 aliphatic heterocycles. The number of anilines is 1. The van der Waals surface area contributed by atoms with E-state index in [0.29, 0.717) is 11.7 Å². The molecule has 3 rings (SSSR count). The number of benzene rings is 1. The van der Waals surface area contributed by atoms with Crippen molar-refractivity contribution < 1.29 is 5.11 Å². The third kappa shape index (κ3) is 3.29. The number of hydrogen-bond acceptors (Lipinski definition) is 5. The maximum atomic E-state index is 10.1. The van der Waals surface area contributed by atoms with Crippen LogP contribution in [-0.4, -0.2) is 53.4 Å². The Kier molecular flexibility index (Phi) is 4.48. The predicted octanol–water partition coefficient (Wildman–Crippen LogP) is 2.69. The number of piperidine rings is 1. The Labute approximate surface area is 137 Å². The lowest BCUT2D eigenvalue weighted by Crippen LogP contribution is -2.45. The molecule has 23 heavy (non-hydrogen) atoms. The molecule has 1 fully saturated rings. The molecule has 1 atom stereocenters. The summed E-state index contributed by atoms with van der Waals surface area (Å²) in [7, 11) is 4.24. The Hall–Kier alpha value is -2.14. The lowest BCUT2D eigenvalue weighted by atomic mass is 10.0. The Balaban J connectivity index is 1.82. The smallest absolute Gasteiger partial charge is 0.151 e. The summed E-state index contributed by atoms with van der Waals surface area (Å²) in [4.78, 5) is 4.57. The molecule has 2 heterocycles. The molecule has 1 aliphatic rings. The second-order valence-corrected chi connectivity index (χ2v) is 6.42. The molecule has 2 aromatic rings. The molecule has 0 saturated carbocycles. The van der Waals surface area contributed by atoms with Crippen molar-refractivity contribution in [2.45, 2.75) is 25.8 Å². The zero-order valence-corrected chi connectivity index (χ0v) is 14.0. The molecule has 0 bridgehead atoms. The minimum Gasteiger partial charge on any atom is -0.507 e. The van der Waals surface area contributed by atoms with E-state index in [1.54, 1.807) is 6.07 Å². The van der Waals surface area contributed by atoms with Gasteiger partial charge in [0.15, 0.2) is 5.82 Å². The van der Waals surface area contributed by atoms with E-state index in [-0.39, 0.29) is 5.75 Å². The van der Waals surface area contributed by atoms with E-state index in [0.717, 1.165) is 23.5 Å². The summed E-state index contributed by atoms with van der Waals surface area (Å²) in [6, 6.07) is 9.89. The van der Waals surface area contributed by atoms with Crippen molar-refractivity contribution >= 4 is 5.82 Å². The topological polar surface area (TPSA) is 52.5 Å². The Morgan fingerprint density at radius 2 is 2.04 bits per heavy atom. The van der Waals surface area contributed by atoms with Gasteiger partial charge in [0.2, 0.25) is 0 Å². The largest absolute Gasteiger partial charge is 0.507 e. The van der Waals surface area contributed by atoms with Crippen molar-refractivity contribution in [2.24, 2.45) is 0 Å². The van der Waals surface area contributed by atoms with Crippen molar-refractivity contribution in [3.63, 3.8) is 0 Å². The molecule has 1 N–H and O–H groups in total. The summed E-state index contributed by atoms with van der Waals surface area (Å²) in [5, 5.41) is 18.8. The van der Waals surface area contributed by atoms with Gasteiger partial charge in [0, 0.05) is 25.2 Å². The summed E-state index contributed by atoms with van der Waals surface area (Å²) in [6.07, 6.45) is 2.40. The Morgan fingerprint density at radius 3 is 2.70 bits per heavy atom.